The topological polar surface area (TPSA) is 38.3 Å². The zero-order chi connectivity index (χ0) is 12.8. The number of hydrogen-bond donors (Lipinski definition) is 1. The number of hydrogen-bond acceptors (Lipinski definition) is 2. The van der Waals surface area contributed by atoms with Gasteiger partial charge in [0.2, 0.25) is 0 Å². The minimum absolute atomic E-state index is 0.384. The van der Waals surface area contributed by atoms with Crippen LogP contribution >= 0.6 is 0 Å². The Bertz CT molecular complexity index is 289. The van der Waals surface area contributed by atoms with E-state index in [-0.39, 0.29) is 6.09 Å². The van der Waals surface area contributed by atoms with Crippen LogP contribution in [0.2, 0.25) is 14.8 Å². The number of amides is 1. The summed E-state index contributed by atoms with van der Waals surface area (Å²) in [5.74, 6) is 0. The van der Waals surface area contributed by atoms with E-state index in [4.69, 9.17) is 4.74 Å². The van der Waals surface area contributed by atoms with Gasteiger partial charge in [0, 0.05) is 0 Å². The van der Waals surface area contributed by atoms with Gasteiger partial charge in [0.05, 0.1) is 0 Å². The van der Waals surface area contributed by atoms with Crippen molar-refractivity contribution in [1.82, 2.24) is 5.32 Å². The first kappa shape index (κ1) is 15.6. The van der Waals surface area contributed by atoms with Crippen molar-refractivity contribution in [2.75, 3.05) is 6.54 Å². The van der Waals surface area contributed by atoms with Gasteiger partial charge >= 0.3 is 103 Å². The van der Waals surface area contributed by atoms with E-state index in [9.17, 15) is 4.79 Å². The molecule has 92 valence electrons. The second kappa shape index (κ2) is 6.35. The molecule has 0 unspecified atom stereocenters. The van der Waals surface area contributed by atoms with Crippen LogP contribution in [-0.2, 0) is 4.74 Å². The third-order valence-corrected chi connectivity index (χ3v) is 4.33. The molecule has 1 N–H and O–H groups in total. The molecule has 0 aliphatic carbocycles. The van der Waals surface area contributed by atoms with E-state index in [1.54, 1.807) is 0 Å². The second-order valence-corrected chi connectivity index (χ2v) is 20.1. The van der Waals surface area contributed by atoms with Gasteiger partial charge in [-0.05, 0) is 0 Å². The molecule has 0 saturated heterocycles. The summed E-state index contributed by atoms with van der Waals surface area (Å²) in [6.45, 7) is 6.00. The molecule has 0 spiro atoms. The summed E-state index contributed by atoms with van der Waals surface area (Å²) in [5.41, 5.74) is 2.68. The number of alkyl carbamates (subject to hydrolysis) is 1. The molecule has 4 heteroatoms. The monoisotopic (exact) mass is 333 g/mol. The summed E-state index contributed by atoms with van der Waals surface area (Å²) in [6, 6.07) is 0. The Hall–Kier alpha value is -0.411. The Balaban J connectivity index is 3.92. The van der Waals surface area contributed by atoms with Crippen molar-refractivity contribution in [3.05, 3.63) is 15.9 Å². The van der Waals surface area contributed by atoms with Gasteiger partial charge < -0.3 is 0 Å². The van der Waals surface area contributed by atoms with Crippen LogP contribution in [0.15, 0.2) is 15.9 Å². The third-order valence-electron chi connectivity index (χ3n) is 1.38. The van der Waals surface area contributed by atoms with E-state index in [0.29, 0.717) is 6.54 Å². The molecule has 1 amide bonds. The van der Waals surface area contributed by atoms with Gasteiger partial charge in [-0.2, -0.15) is 0 Å². The average molecular weight is 332 g/mol. The van der Waals surface area contributed by atoms with Gasteiger partial charge in [0.25, 0.3) is 0 Å². The molecule has 0 radical (unpaired) electrons. The standard InChI is InChI=1S/C9H14NO2.3CH3.Sn/c1-5-6-7-10-8(11)12-9(2,3)4;;;;/h1,6H,7H2,2-4H3,(H,10,11);3*1H3;. The van der Waals surface area contributed by atoms with Crippen molar-refractivity contribution < 1.29 is 9.53 Å². The van der Waals surface area contributed by atoms with E-state index in [2.05, 4.69) is 30.0 Å². The maximum atomic E-state index is 11.2. The van der Waals surface area contributed by atoms with Crippen molar-refractivity contribution in [3.63, 3.8) is 0 Å². The van der Waals surface area contributed by atoms with Crippen molar-refractivity contribution in [2.45, 2.75) is 41.2 Å². The normalized spacial score (nSPS) is 11.4. The van der Waals surface area contributed by atoms with Crippen LogP contribution < -0.4 is 5.32 Å². The molecular formula is C12H23NO2Sn. The summed E-state index contributed by atoms with van der Waals surface area (Å²) >= 11 is -1.85. The molecule has 0 heterocycles. The van der Waals surface area contributed by atoms with Crippen LogP contribution in [-0.4, -0.2) is 36.6 Å². The zero-order valence-corrected chi connectivity index (χ0v) is 14.0. The van der Waals surface area contributed by atoms with E-state index < -0.39 is 24.0 Å². The molecule has 0 aromatic rings. The van der Waals surface area contributed by atoms with Crippen molar-refractivity contribution in [3.8, 4) is 0 Å². The Kier molecular flexibility index (Phi) is 6.19. The zero-order valence-electron chi connectivity index (χ0n) is 11.2. The summed E-state index contributed by atoms with van der Waals surface area (Å²) in [5, 5.41) is 2.65. The van der Waals surface area contributed by atoms with Gasteiger partial charge in [-0.25, -0.2) is 0 Å². The molecule has 0 aliphatic rings. The van der Waals surface area contributed by atoms with Crippen molar-refractivity contribution in [2.24, 2.45) is 0 Å². The number of nitrogens with one attached hydrogen (secondary N) is 1. The van der Waals surface area contributed by atoms with Crippen LogP contribution in [0, 0.1) is 0 Å². The Labute approximate surface area is 103 Å². The van der Waals surface area contributed by atoms with Crippen LogP contribution in [0.4, 0.5) is 4.79 Å². The second-order valence-electron chi connectivity index (χ2n) is 5.76. The first-order valence-electron chi connectivity index (χ1n) is 5.49. The number of carbonyl (C=O) groups excluding carboxylic acids is 1. The van der Waals surface area contributed by atoms with Crippen molar-refractivity contribution in [1.29, 1.82) is 0 Å². The van der Waals surface area contributed by atoms with Crippen LogP contribution in [0.5, 0.6) is 0 Å². The minimum atomic E-state index is -1.85. The first-order valence-corrected chi connectivity index (χ1v) is 15.7. The van der Waals surface area contributed by atoms with E-state index in [0.717, 1.165) is 0 Å². The van der Waals surface area contributed by atoms with E-state index in [1.165, 1.54) is 0 Å². The summed E-state index contributed by atoms with van der Waals surface area (Å²) in [6.07, 6.45) is 1.44. The first-order chi connectivity index (χ1) is 7.10. The summed E-state index contributed by atoms with van der Waals surface area (Å²) < 4.78 is 7.26. The molecule has 0 bridgehead atoms. The van der Waals surface area contributed by atoms with Gasteiger partial charge in [-0.15, -0.1) is 0 Å². The number of carbonyl (C=O) groups is 1. The predicted molar refractivity (Wildman–Crippen MR) is 70.2 cm³/mol. The Morgan fingerprint density at radius 2 is 1.94 bits per heavy atom. The fourth-order valence-corrected chi connectivity index (χ4v) is 2.58. The van der Waals surface area contributed by atoms with Crippen LogP contribution in [0.3, 0.4) is 0 Å². The maximum absolute atomic E-state index is 11.2. The van der Waals surface area contributed by atoms with E-state index in [1.807, 2.05) is 26.8 Å². The predicted octanol–water partition coefficient (Wildman–Crippen LogP) is 3.10. The number of rotatable bonds is 3. The van der Waals surface area contributed by atoms with Gasteiger partial charge in [-0.3, -0.25) is 0 Å². The molecule has 0 saturated carbocycles. The molecule has 3 nitrogen and oxygen atoms in total. The molecule has 0 aliphatic heterocycles. The Morgan fingerprint density at radius 3 is 2.38 bits per heavy atom. The Morgan fingerprint density at radius 1 is 1.38 bits per heavy atom. The fourth-order valence-electron chi connectivity index (χ4n) is 0.816. The van der Waals surface area contributed by atoms with Gasteiger partial charge in [-0.1, -0.05) is 0 Å². The molecular weight excluding hydrogens is 309 g/mol. The molecule has 0 atom stereocenters. The molecule has 0 fully saturated rings. The fraction of sp³-hybridized carbons (Fsp3) is 0.667. The molecule has 0 rings (SSSR count). The molecule has 0 aromatic heterocycles. The van der Waals surface area contributed by atoms with Crippen LogP contribution in [0.1, 0.15) is 20.8 Å². The average Bonchev–Trinajstić information content (AvgIpc) is 1.97. The third kappa shape index (κ3) is 11.7. The SMILES string of the molecule is CC(C)(C)OC(=O)NCC=C=[CH][Sn]([CH3])([CH3])[CH3]. The summed E-state index contributed by atoms with van der Waals surface area (Å²) in [7, 11) is 0. The molecule has 0 aromatic carbocycles. The number of ether oxygens (including phenoxy) is 1. The van der Waals surface area contributed by atoms with Crippen molar-refractivity contribution >= 4 is 24.5 Å². The summed E-state index contributed by atoms with van der Waals surface area (Å²) in [4.78, 5) is 18.1. The quantitative estimate of drug-likeness (QED) is 0.637. The van der Waals surface area contributed by atoms with Crippen LogP contribution in [0.25, 0.3) is 0 Å². The van der Waals surface area contributed by atoms with Gasteiger partial charge in [0.1, 0.15) is 0 Å². The van der Waals surface area contributed by atoms with E-state index >= 15 is 0 Å². The van der Waals surface area contributed by atoms with Gasteiger partial charge in [0.15, 0.2) is 0 Å². The molecule has 16 heavy (non-hydrogen) atoms.